The first-order valence-corrected chi connectivity index (χ1v) is 6.99. The zero-order valence-corrected chi connectivity index (χ0v) is 10.0. The minimum absolute atomic E-state index is 0.414. The summed E-state index contributed by atoms with van der Waals surface area (Å²) in [6.45, 7) is 3.09. The summed E-state index contributed by atoms with van der Waals surface area (Å²) in [5.74, 6) is 0. The van der Waals surface area contributed by atoms with E-state index in [1.165, 1.54) is 4.31 Å². The second kappa shape index (κ2) is 4.68. The highest BCUT2D eigenvalue weighted by Crippen LogP contribution is 2.17. The van der Waals surface area contributed by atoms with Crippen molar-refractivity contribution in [2.24, 2.45) is 0 Å². The highest BCUT2D eigenvalue weighted by Gasteiger charge is 2.33. The normalized spacial score (nSPS) is 24.9. The van der Waals surface area contributed by atoms with Crippen molar-refractivity contribution in [1.82, 2.24) is 13.5 Å². The Balaban J connectivity index is 1.99. The first kappa shape index (κ1) is 11.8. The van der Waals surface area contributed by atoms with Crippen LogP contribution in [0.2, 0.25) is 0 Å². The average Bonchev–Trinajstić information content (AvgIpc) is 2.83. The van der Waals surface area contributed by atoms with Gasteiger partial charge in [-0.15, -0.1) is 0 Å². The van der Waals surface area contributed by atoms with Crippen molar-refractivity contribution in [2.45, 2.75) is 12.8 Å². The largest absolute Gasteiger partial charge is 0.343 e. The molecule has 2 aliphatic rings. The van der Waals surface area contributed by atoms with Gasteiger partial charge >= 0.3 is 0 Å². The van der Waals surface area contributed by atoms with Crippen LogP contribution >= 0.6 is 0 Å². The molecular weight excluding hydrogens is 230 g/mol. The lowest BCUT2D eigenvalue weighted by molar-refractivity contribution is -0.119. The van der Waals surface area contributed by atoms with E-state index in [4.69, 9.17) is 0 Å². The molecule has 2 aliphatic heterocycles. The van der Waals surface area contributed by atoms with Gasteiger partial charge in [0.1, 0.15) is 0 Å². The smallest absolute Gasteiger partial charge is 0.282 e. The maximum Gasteiger partial charge on any atom is 0.282 e. The van der Waals surface area contributed by atoms with Crippen LogP contribution in [0.4, 0.5) is 0 Å². The number of hydrogen-bond acceptors (Lipinski definition) is 3. The van der Waals surface area contributed by atoms with Gasteiger partial charge in [0.2, 0.25) is 6.41 Å². The third-order valence-corrected chi connectivity index (χ3v) is 5.18. The maximum atomic E-state index is 12.1. The highest BCUT2D eigenvalue weighted by atomic mass is 32.2. The Labute approximate surface area is 96.0 Å². The molecule has 0 unspecified atom stereocenters. The lowest BCUT2D eigenvalue weighted by Crippen LogP contribution is -2.52. The molecule has 0 bridgehead atoms. The molecule has 16 heavy (non-hydrogen) atoms. The standard InChI is InChI=1S/C9H17N3O3S/c13-9-10-5-7-12(8-6-10)16(14,15)11-3-1-2-4-11/h9H,1-8H2. The molecule has 0 saturated carbocycles. The second-order valence-corrected chi connectivity index (χ2v) is 6.08. The fourth-order valence-electron chi connectivity index (χ4n) is 2.12. The molecule has 0 N–H and O–H groups in total. The molecule has 0 aromatic heterocycles. The van der Waals surface area contributed by atoms with Crippen molar-refractivity contribution >= 4 is 16.6 Å². The summed E-state index contributed by atoms with van der Waals surface area (Å²) < 4.78 is 27.3. The third kappa shape index (κ3) is 2.21. The van der Waals surface area contributed by atoms with Crippen molar-refractivity contribution in [3.8, 4) is 0 Å². The SMILES string of the molecule is O=CN1CCN(S(=O)(=O)N2CCCC2)CC1. The number of piperazine rings is 1. The molecule has 0 aromatic carbocycles. The summed E-state index contributed by atoms with van der Waals surface area (Å²) in [5, 5.41) is 0. The van der Waals surface area contributed by atoms with Gasteiger partial charge in [0, 0.05) is 39.3 Å². The van der Waals surface area contributed by atoms with Gasteiger partial charge < -0.3 is 4.90 Å². The van der Waals surface area contributed by atoms with E-state index in [9.17, 15) is 13.2 Å². The fraction of sp³-hybridized carbons (Fsp3) is 0.889. The van der Waals surface area contributed by atoms with Crippen LogP contribution in [0.1, 0.15) is 12.8 Å². The number of carbonyl (C=O) groups is 1. The molecule has 0 aliphatic carbocycles. The number of nitrogens with zero attached hydrogens (tertiary/aromatic N) is 3. The monoisotopic (exact) mass is 247 g/mol. The van der Waals surface area contributed by atoms with Gasteiger partial charge in [0.05, 0.1) is 0 Å². The van der Waals surface area contributed by atoms with Gasteiger partial charge in [-0.05, 0) is 12.8 Å². The molecule has 92 valence electrons. The molecular formula is C9H17N3O3S. The topological polar surface area (TPSA) is 60.9 Å². The van der Waals surface area contributed by atoms with Crippen LogP contribution in [0.5, 0.6) is 0 Å². The Bertz CT molecular complexity index is 343. The summed E-state index contributed by atoms with van der Waals surface area (Å²) >= 11 is 0. The van der Waals surface area contributed by atoms with Gasteiger partial charge in [-0.25, -0.2) is 0 Å². The van der Waals surface area contributed by atoms with Crippen molar-refractivity contribution in [1.29, 1.82) is 0 Å². The van der Waals surface area contributed by atoms with Crippen LogP contribution < -0.4 is 0 Å². The second-order valence-electron chi connectivity index (χ2n) is 4.15. The van der Waals surface area contributed by atoms with Crippen molar-refractivity contribution in [3.63, 3.8) is 0 Å². The zero-order chi connectivity index (χ0) is 11.6. The van der Waals surface area contributed by atoms with E-state index in [1.807, 2.05) is 0 Å². The van der Waals surface area contributed by atoms with Gasteiger partial charge in [0.15, 0.2) is 0 Å². The molecule has 2 heterocycles. The molecule has 0 spiro atoms. The van der Waals surface area contributed by atoms with E-state index >= 15 is 0 Å². The van der Waals surface area contributed by atoms with Crippen LogP contribution in [-0.2, 0) is 15.0 Å². The number of amides is 1. The van der Waals surface area contributed by atoms with Crippen molar-refractivity contribution < 1.29 is 13.2 Å². The van der Waals surface area contributed by atoms with E-state index in [-0.39, 0.29) is 0 Å². The van der Waals surface area contributed by atoms with Gasteiger partial charge in [-0.3, -0.25) is 4.79 Å². The fourth-order valence-corrected chi connectivity index (χ4v) is 3.79. The van der Waals surface area contributed by atoms with E-state index in [1.54, 1.807) is 9.21 Å². The van der Waals surface area contributed by atoms with Crippen molar-refractivity contribution in [3.05, 3.63) is 0 Å². The van der Waals surface area contributed by atoms with Crippen LogP contribution in [0.15, 0.2) is 0 Å². The van der Waals surface area contributed by atoms with Crippen LogP contribution in [0, 0.1) is 0 Å². The minimum Gasteiger partial charge on any atom is -0.343 e. The quantitative estimate of drug-likeness (QED) is 0.607. The average molecular weight is 247 g/mol. The molecule has 6 nitrogen and oxygen atoms in total. The Morgan fingerprint density at radius 2 is 1.31 bits per heavy atom. The number of rotatable bonds is 3. The number of hydrogen-bond donors (Lipinski definition) is 0. The van der Waals surface area contributed by atoms with Gasteiger partial charge in [-0.1, -0.05) is 0 Å². The van der Waals surface area contributed by atoms with Crippen LogP contribution in [-0.4, -0.2) is 67.6 Å². The first-order valence-electron chi connectivity index (χ1n) is 5.59. The molecule has 0 radical (unpaired) electrons. The van der Waals surface area contributed by atoms with E-state index < -0.39 is 10.2 Å². The Morgan fingerprint density at radius 1 is 0.812 bits per heavy atom. The lowest BCUT2D eigenvalue weighted by atomic mass is 10.4. The predicted octanol–water partition coefficient (Wildman–Crippen LogP) is -0.899. The summed E-state index contributed by atoms with van der Waals surface area (Å²) in [5.41, 5.74) is 0. The van der Waals surface area contributed by atoms with E-state index in [2.05, 4.69) is 0 Å². The first-order chi connectivity index (χ1) is 7.64. The highest BCUT2D eigenvalue weighted by molar-refractivity contribution is 7.86. The Hall–Kier alpha value is -0.660. The molecule has 0 aromatic rings. The zero-order valence-electron chi connectivity index (χ0n) is 9.21. The van der Waals surface area contributed by atoms with Crippen LogP contribution in [0.25, 0.3) is 0 Å². The van der Waals surface area contributed by atoms with Crippen LogP contribution in [0.3, 0.4) is 0 Å². The van der Waals surface area contributed by atoms with Gasteiger partial charge in [-0.2, -0.15) is 17.0 Å². The Kier molecular flexibility index (Phi) is 3.46. The molecule has 2 rings (SSSR count). The van der Waals surface area contributed by atoms with Crippen molar-refractivity contribution in [2.75, 3.05) is 39.3 Å². The summed E-state index contributed by atoms with van der Waals surface area (Å²) in [7, 11) is -3.27. The molecule has 2 fully saturated rings. The van der Waals surface area contributed by atoms with E-state index in [0.29, 0.717) is 39.3 Å². The van der Waals surface area contributed by atoms with E-state index in [0.717, 1.165) is 19.3 Å². The summed E-state index contributed by atoms with van der Waals surface area (Å²) in [6, 6.07) is 0. The third-order valence-electron chi connectivity index (χ3n) is 3.14. The van der Waals surface area contributed by atoms with Gasteiger partial charge in [0.25, 0.3) is 10.2 Å². The predicted molar refractivity (Wildman–Crippen MR) is 58.9 cm³/mol. The lowest BCUT2D eigenvalue weighted by Gasteiger charge is -2.33. The molecule has 0 atom stereocenters. The minimum atomic E-state index is -3.27. The molecule has 1 amide bonds. The molecule has 2 saturated heterocycles. The Morgan fingerprint density at radius 3 is 1.81 bits per heavy atom. The molecule has 7 heteroatoms. The summed E-state index contributed by atoms with van der Waals surface area (Å²) in [6.07, 6.45) is 2.68. The number of carbonyl (C=O) groups excluding carboxylic acids is 1. The maximum absolute atomic E-state index is 12.1. The summed E-state index contributed by atoms with van der Waals surface area (Å²) in [4.78, 5) is 12.1.